The number of hydrogen-bond donors (Lipinski definition) is 0. The quantitative estimate of drug-likeness (QED) is 0.348. The van der Waals surface area contributed by atoms with Crippen molar-refractivity contribution < 1.29 is 14.3 Å². The standard InChI is InChI=1S/C29H42O3/c1-26(2,3)19-13-15-21(28(7,8)9)23(17-19)31-25(30)32-24-18-20(27(4,5)6)14-16-22(24)29(10,11)12/h13-18H,1-12H3. The third-order valence-electron chi connectivity index (χ3n) is 5.70. The molecule has 0 radical (unpaired) electrons. The predicted octanol–water partition coefficient (Wildman–Crippen LogP) is 8.45. The molecule has 32 heavy (non-hydrogen) atoms. The number of carbonyl (C=O) groups is 1. The molecule has 2 aromatic carbocycles. The van der Waals surface area contributed by atoms with Crippen LogP contribution in [0.15, 0.2) is 36.4 Å². The lowest BCUT2D eigenvalue weighted by Crippen LogP contribution is -2.22. The van der Waals surface area contributed by atoms with Crippen molar-refractivity contribution in [2.24, 2.45) is 0 Å². The first-order chi connectivity index (χ1) is 14.3. The Hall–Kier alpha value is -2.29. The van der Waals surface area contributed by atoms with Crippen molar-refractivity contribution in [2.45, 2.75) is 105 Å². The highest BCUT2D eigenvalue weighted by atomic mass is 16.7. The molecule has 0 atom stereocenters. The van der Waals surface area contributed by atoms with E-state index in [1.54, 1.807) is 0 Å². The topological polar surface area (TPSA) is 35.5 Å². The Labute approximate surface area is 195 Å². The van der Waals surface area contributed by atoms with E-state index >= 15 is 0 Å². The SMILES string of the molecule is CC(C)(C)c1ccc(C(C)(C)C)c(OC(=O)Oc2cc(C(C)(C)C)ccc2C(C)(C)C)c1. The van der Waals surface area contributed by atoms with Crippen molar-refractivity contribution in [1.29, 1.82) is 0 Å². The molecular weight excluding hydrogens is 396 g/mol. The molecule has 0 aliphatic rings. The van der Waals surface area contributed by atoms with Crippen molar-refractivity contribution in [1.82, 2.24) is 0 Å². The molecule has 3 nitrogen and oxygen atoms in total. The third kappa shape index (κ3) is 6.37. The van der Waals surface area contributed by atoms with Gasteiger partial charge in [0.2, 0.25) is 0 Å². The summed E-state index contributed by atoms with van der Waals surface area (Å²) in [6, 6.07) is 12.3. The van der Waals surface area contributed by atoms with Crippen LogP contribution in [0.3, 0.4) is 0 Å². The largest absolute Gasteiger partial charge is 0.519 e. The summed E-state index contributed by atoms with van der Waals surface area (Å²) >= 11 is 0. The predicted molar refractivity (Wildman–Crippen MR) is 134 cm³/mol. The maximum absolute atomic E-state index is 13.0. The molecule has 0 saturated carbocycles. The van der Waals surface area contributed by atoms with Gasteiger partial charge in [0.1, 0.15) is 11.5 Å². The van der Waals surface area contributed by atoms with Crippen molar-refractivity contribution >= 4 is 6.16 Å². The van der Waals surface area contributed by atoms with E-state index in [1.165, 1.54) is 0 Å². The van der Waals surface area contributed by atoms with E-state index in [9.17, 15) is 4.79 Å². The molecule has 0 aromatic heterocycles. The average molecular weight is 439 g/mol. The monoisotopic (exact) mass is 438 g/mol. The van der Waals surface area contributed by atoms with Gasteiger partial charge in [0.15, 0.2) is 0 Å². The van der Waals surface area contributed by atoms with Crippen molar-refractivity contribution in [3.8, 4) is 11.5 Å². The Morgan fingerprint density at radius 1 is 0.531 bits per heavy atom. The maximum Gasteiger partial charge on any atom is 0.519 e. The number of ether oxygens (including phenoxy) is 2. The summed E-state index contributed by atoms with van der Waals surface area (Å²) in [5, 5.41) is 0. The van der Waals surface area contributed by atoms with Crippen LogP contribution in [-0.4, -0.2) is 6.16 Å². The Bertz CT molecular complexity index is 892. The lowest BCUT2D eigenvalue weighted by atomic mass is 9.81. The zero-order chi connectivity index (χ0) is 24.7. The minimum atomic E-state index is -0.710. The van der Waals surface area contributed by atoms with Crippen LogP contribution in [0.5, 0.6) is 11.5 Å². The van der Waals surface area contributed by atoms with Crippen LogP contribution in [-0.2, 0) is 21.7 Å². The van der Waals surface area contributed by atoms with Crippen LogP contribution < -0.4 is 9.47 Å². The van der Waals surface area contributed by atoms with Crippen molar-refractivity contribution in [3.05, 3.63) is 58.7 Å². The van der Waals surface area contributed by atoms with E-state index in [2.05, 4.69) is 107 Å². The zero-order valence-corrected chi connectivity index (χ0v) is 22.2. The molecule has 0 aliphatic carbocycles. The number of rotatable bonds is 2. The molecule has 176 valence electrons. The van der Waals surface area contributed by atoms with Gasteiger partial charge < -0.3 is 9.47 Å². The highest BCUT2D eigenvalue weighted by Gasteiger charge is 2.27. The van der Waals surface area contributed by atoms with E-state index in [1.807, 2.05) is 12.1 Å². The summed E-state index contributed by atoms with van der Waals surface area (Å²) in [5.41, 5.74) is 3.71. The lowest BCUT2D eigenvalue weighted by Gasteiger charge is -2.27. The van der Waals surface area contributed by atoms with Crippen molar-refractivity contribution in [3.63, 3.8) is 0 Å². The first-order valence-electron chi connectivity index (χ1n) is 11.5. The van der Waals surface area contributed by atoms with Crippen LogP contribution in [0.25, 0.3) is 0 Å². The third-order valence-corrected chi connectivity index (χ3v) is 5.70. The summed E-state index contributed by atoms with van der Waals surface area (Å²) in [7, 11) is 0. The molecule has 0 unspecified atom stereocenters. The summed E-state index contributed by atoms with van der Waals surface area (Å²) in [6.07, 6.45) is -0.710. The number of hydrogen-bond acceptors (Lipinski definition) is 3. The molecule has 0 spiro atoms. The van der Waals surface area contributed by atoms with Crippen LogP contribution in [0.4, 0.5) is 4.79 Å². The summed E-state index contributed by atoms with van der Waals surface area (Å²) in [4.78, 5) is 13.0. The van der Waals surface area contributed by atoms with Crippen molar-refractivity contribution in [2.75, 3.05) is 0 Å². The molecule has 2 aromatic rings. The molecule has 0 fully saturated rings. The number of carbonyl (C=O) groups excluding carboxylic acids is 1. The van der Waals surface area contributed by atoms with E-state index < -0.39 is 6.16 Å². The maximum atomic E-state index is 13.0. The lowest BCUT2D eigenvalue weighted by molar-refractivity contribution is 0.150. The fourth-order valence-corrected chi connectivity index (χ4v) is 3.59. The van der Waals surface area contributed by atoms with E-state index in [4.69, 9.17) is 9.47 Å². The van der Waals surface area contributed by atoms with Gasteiger partial charge in [-0.1, -0.05) is 107 Å². The highest BCUT2D eigenvalue weighted by Crippen LogP contribution is 2.38. The van der Waals surface area contributed by atoms with Crippen LogP contribution >= 0.6 is 0 Å². The fourth-order valence-electron chi connectivity index (χ4n) is 3.59. The van der Waals surface area contributed by atoms with E-state index in [0.29, 0.717) is 11.5 Å². The molecule has 0 bridgehead atoms. The second-order valence-corrected chi connectivity index (χ2v) is 12.9. The average Bonchev–Trinajstić information content (AvgIpc) is 2.58. The molecular formula is C29H42O3. The van der Waals surface area contributed by atoms with Gasteiger partial charge in [0.25, 0.3) is 0 Å². The Balaban J connectivity index is 2.47. The minimum Gasteiger partial charge on any atom is -0.394 e. The van der Waals surface area contributed by atoms with Crippen LogP contribution in [0.1, 0.15) is 105 Å². The minimum absolute atomic E-state index is 0.0567. The summed E-state index contributed by atoms with van der Waals surface area (Å²) in [5.74, 6) is 1.11. The molecule has 0 amide bonds. The molecule has 0 N–H and O–H groups in total. The van der Waals surface area contributed by atoms with E-state index in [-0.39, 0.29) is 21.7 Å². The highest BCUT2D eigenvalue weighted by molar-refractivity contribution is 5.69. The van der Waals surface area contributed by atoms with Gasteiger partial charge in [-0.2, -0.15) is 0 Å². The smallest absolute Gasteiger partial charge is 0.394 e. The molecule has 0 saturated heterocycles. The van der Waals surface area contributed by atoms with Gasteiger partial charge >= 0.3 is 6.16 Å². The summed E-state index contributed by atoms with van der Waals surface area (Å²) < 4.78 is 11.7. The van der Waals surface area contributed by atoms with Gasteiger partial charge in [0.05, 0.1) is 0 Å². The number of benzene rings is 2. The molecule has 3 heteroatoms. The second kappa shape index (κ2) is 8.57. The second-order valence-electron chi connectivity index (χ2n) is 12.9. The first-order valence-corrected chi connectivity index (χ1v) is 11.5. The Kier molecular flexibility index (Phi) is 6.96. The van der Waals surface area contributed by atoms with Gasteiger partial charge in [-0.15, -0.1) is 0 Å². The normalized spacial score (nSPS) is 13.1. The van der Waals surface area contributed by atoms with Gasteiger partial charge in [-0.3, -0.25) is 0 Å². The molecule has 0 heterocycles. The Morgan fingerprint density at radius 2 is 0.844 bits per heavy atom. The van der Waals surface area contributed by atoms with Crippen LogP contribution in [0, 0.1) is 0 Å². The molecule has 0 aliphatic heterocycles. The first kappa shape index (κ1) is 26.0. The van der Waals surface area contributed by atoms with Gasteiger partial charge in [-0.05, 0) is 44.9 Å². The van der Waals surface area contributed by atoms with Gasteiger partial charge in [0, 0.05) is 11.1 Å². The summed E-state index contributed by atoms with van der Waals surface area (Å²) in [6.45, 7) is 25.6. The van der Waals surface area contributed by atoms with Gasteiger partial charge in [-0.25, -0.2) is 4.79 Å². The Morgan fingerprint density at radius 3 is 1.09 bits per heavy atom. The fraction of sp³-hybridized carbons (Fsp3) is 0.552. The molecule has 2 rings (SSSR count). The van der Waals surface area contributed by atoms with E-state index in [0.717, 1.165) is 22.3 Å². The van der Waals surface area contributed by atoms with Crippen LogP contribution in [0.2, 0.25) is 0 Å². The zero-order valence-electron chi connectivity index (χ0n) is 22.2.